The van der Waals surface area contributed by atoms with Crippen LogP contribution in [0.5, 0.6) is 0 Å². The van der Waals surface area contributed by atoms with Gasteiger partial charge in [0.05, 0.1) is 17.4 Å². The summed E-state index contributed by atoms with van der Waals surface area (Å²) in [5.41, 5.74) is 3.80. The van der Waals surface area contributed by atoms with Gasteiger partial charge in [0.1, 0.15) is 10.6 Å². The molecule has 0 radical (unpaired) electrons. The summed E-state index contributed by atoms with van der Waals surface area (Å²) in [4.78, 5) is 37.2. The van der Waals surface area contributed by atoms with Crippen molar-refractivity contribution in [3.05, 3.63) is 80.2 Å². The van der Waals surface area contributed by atoms with Crippen LogP contribution in [-0.4, -0.2) is 22.9 Å². The first-order chi connectivity index (χ1) is 16.5. The number of esters is 1. The standard InChI is InChI=1S/C27H30N2O5S/c1-16(2)14-19-6-10-21(11-7-19)24-18(5)35-26(25(24)27(31)34-17(3)4)28-23(30)15-20-8-12-22(13-9-20)29(32)33/h6-13,16-17H,14-15H2,1-5H3,(H,28,30). The molecular formula is C27H30N2O5S. The maximum atomic E-state index is 13.1. The maximum Gasteiger partial charge on any atom is 0.342 e. The highest BCUT2D eigenvalue weighted by Crippen LogP contribution is 2.40. The van der Waals surface area contributed by atoms with E-state index >= 15 is 0 Å². The van der Waals surface area contributed by atoms with Crippen LogP contribution < -0.4 is 5.32 Å². The van der Waals surface area contributed by atoms with Gasteiger partial charge in [0, 0.05) is 22.6 Å². The average Bonchev–Trinajstić information content (AvgIpc) is 3.09. The summed E-state index contributed by atoms with van der Waals surface area (Å²) in [5.74, 6) is -0.272. The Morgan fingerprint density at radius 3 is 2.14 bits per heavy atom. The second-order valence-corrected chi connectivity index (χ2v) is 10.4. The number of carbonyl (C=O) groups is 2. The van der Waals surface area contributed by atoms with Crippen LogP contribution in [0, 0.1) is 23.0 Å². The van der Waals surface area contributed by atoms with Gasteiger partial charge in [-0.1, -0.05) is 50.2 Å². The Bertz CT molecular complexity index is 1210. The van der Waals surface area contributed by atoms with Gasteiger partial charge in [-0.3, -0.25) is 14.9 Å². The third-order valence-electron chi connectivity index (χ3n) is 5.28. The van der Waals surface area contributed by atoms with Crippen molar-refractivity contribution in [2.75, 3.05) is 5.32 Å². The third-order valence-corrected chi connectivity index (χ3v) is 6.30. The van der Waals surface area contributed by atoms with Crippen molar-refractivity contribution in [2.24, 2.45) is 5.92 Å². The van der Waals surface area contributed by atoms with E-state index in [0.717, 1.165) is 22.4 Å². The van der Waals surface area contributed by atoms with Crippen molar-refractivity contribution in [2.45, 2.75) is 53.6 Å². The van der Waals surface area contributed by atoms with E-state index in [0.29, 0.717) is 22.0 Å². The van der Waals surface area contributed by atoms with Crippen LogP contribution in [0.2, 0.25) is 0 Å². The molecule has 0 atom stereocenters. The van der Waals surface area contributed by atoms with Gasteiger partial charge >= 0.3 is 5.97 Å². The van der Waals surface area contributed by atoms with Crippen molar-refractivity contribution in [3.8, 4) is 11.1 Å². The van der Waals surface area contributed by atoms with Crippen LogP contribution in [0.1, 0.15) is 54.1 Å². The van der Waals surface area contributed by atoms with E-state index in [1.165, 1.54) is 29.0 Å². The van der Waals surface area contributed by atoms with E-state index in [4.69, 9.17) is 4.74 Å². The molecule has 7 nitrogen and oxygen atoms in total. The number of thiophene rings is 1. The minimum Gasteiger partial charge on any atom is -0.459 e. The molecule has 0 bridgehead atoms. The molecule has 3 rings (SSSR count). The first kappa shape index (κ1) is 26.1. The molecule has 2 aromatic carbocycles. The highest BCUT2D eigenvalue weighted by molar-refractivity contribution is 7.17. The van der Waals surface area contributed by atoms with Crippen LogP contribution in [0.15, 0.2) is 48.5 Å². The fourth-order valence-electron chi connectivity index (χ4n) is 3.82. The number of hydrogen-bond acceptors (Lipinski definition) is 6. The molecule has 0 aliphatic rings. The molecular weight excluding hydrogens is 464 g/mol. The first-order valence-corrected chi connectivity index (χ1v) is 12.3. The van der Waals surface area contributed by atoms with Gasteiger partial charge in [0.15, 0.2) is 0 Å². The van der Waals surface area contributed by atoms with Gasteiger partial charge in [-0.25, -0.2) is 4.79 Å². The van der Waals surface area contributed by atoms with E-state index in [9.17, 15) is 19.7 Å². The van der Waals surface area contributed by atoms with Crippen molar-refractivity contribution < 1.29 is 19.2 Å². The number of nitrogens with one attached hydrogen (secondary N) is 1. The number of carbonyl (C=O) groups excluding carboxylic acids is 2. The molecule has 1 heterocycles. The minimum atomic E-state index is -0.490. The molecule has 0 unspecified atom stereocenters. The van der Waals surface area contributed by atoms with Crippen LogP contribution in [0.3, 0.4) is 0 Å². The number of rotatable bonds is 9. The Kier molecular flexibility index (Phi) is 8.40. The monoisotopic (exact) mass is 494 g/mol. The molecule has 0 aliphatic carbocycles. The maximum absolute atomic E-state index is 13.1. The summed E-state index contributed by atoms with van der Waals surface area (Å²) in [6, 6.07) is 14.0. The van der Waals surface area contributed by atoms with Crippen LogP contribution in [0.4, 0.5) is 10.7 Å². The summed E-state index contributed by atoms with van der Waals surface area (Å²) >= 11 is 1.33. The lowest BCUT2D eigenvalue weighted by atomic mass is 9.97. The van der Waals surface area contributed by atoms with E-state index in [1.807, 2.05) is 19.1 Å². The lowest BCUT2D eigenvalue weighted by Gasteiger charge is -2.13. The number of amides is 1. The quantitative estimate of drug-likeness (QED) is 0.206. The average molecular weight is 495 g/mol. The van der Waals surface area contributed by atoms with Gasteiger partial charge < -0.3 is 10.1 Å². The largest absolute Gasteiger partial charge is 0.459 e. The number of nitrogens with zero attached hydrogens (tertiary/aromatic N) is 1. The van der Waals surface area contributed by atoms with Crippen LogP contribution in [0.25, 0.3) is 11.1 Å². The van der Waals surface area contributed by atoms with Crippen molar-refractivity contribution in [1.29, 1.82) is 0 Å². The summed E-state index contributed by atoms with van der Waals surface area (Å²) < 4.78 is 5.52. The Labute approximate surface area is 209 Å². The number of non-ortho nitro benzene ring substituents is 1. The molecule has 1 amide bonds. The molecule has 0 spiro atoms. The first-order valence-electron chi connectivity index (χ1n) is 11.5. The highest BCUT2D eigenvalue weighted by Gasteiger charge is 2.26. The van der Waals surface area contributed by atoms with Crippen molar-refractivity contribution >= 4 is 33.9 Å². The van der Waals surface area contributed by atoms with E-state index in [-0.39, 0.29) is 24.1 Å². The number of nitro benzene ring substituents is 1. The highest BCUT2D eigenvalue weighted by atomic mass is 32.1. The molecule has 1 aromatic heterocycles. The Morgan fingerprint density at radius 1 is 1.00 bits per heavy atom. The summed E-state index contributed by atoms with van der Waals surface area (Å²) in [6.45, 7) is 9.82. The lowest BCUT2D eigenvalue weighted by Crippen LogP contribution is -2.18. The van der Waals surface area contributed by atoms with E-state index < -0.39 is 10.9 Å². The normalized spacial score (nSPS) is 11.1. The smallest absolute Gasteiger partial charge is 0.342 e. The van der Waals surface area contributed by atoms with Gasteiger partial charge in [-0.2, -0.15) is 0 Å². The van der Waals surface area contributed by atoms with E-state index in [2.05, 4.69) is 31.3 Å². The SMILES string of the molecule is Cc1sc(NC(=O)Cc2ccc([N+](=O)[O-])cc2)c(C(=O)OC(C)C)c1-c1ccc(CC(C)C)cc1. The fourth-order valence-corrected chi connectivity index (χ4v) is 4.90. The molecule has 3 aromatic rings. The summed E-state index contributed by atoms with van der Waals surface area (Å²) in [6.07, 6.45) is 0.676. The zero-order valence-corrected chi connectivity index (χ0v) is 21.4. The number of benzene rings is 2. The Balaban J connectivity index is 1.91. The number of nitro groups is 1. The topological polar surface area (TPSA) is 98.5 Å². The predicted molar refractivity (Wildman–Crippen MR) is 139 cm³/mol. The number of anilines is 1. The molecule has 0 fully saturated rings. The molecule has 184 valence electrons. The zero-order valence-electron chi connectivity index (χ0n) is 20.6. The fraction of sp³-hybridized carbons (Fsp3) is 0.333. The zero-order chi connectivity index (χ0) is 25.7. The van der Waals surface area contributed by atoms with Crippen molar-refractivity contribution in [1.82, 2.24) is 0 Å². The summed E-state index contributed by atoms with van der Waals surface area (Å²) in [5, 5.41) is 14.1. The van der Waals surface area contributed by atoms with E-state index in [1.54, 1.807) is 26.0 Å². The lowest BCUT2D eigenvalue weighted by molar-refractivity contribution is -0.384. The Morgan fingerprint density at radius 2 is 1.60 bits per heavy atom. The van der Waals surface area contributed by atoms with Gasteiger partial charge in [-0.05, 0) is 49.8 Å². The summed E-state index contributed by atoms with van der Waals surface area (Å²) in [7, 11) is 0. The second kappa shape index (κ2) is 11.3. The van der Waals surface area contributed by atoms with Crippen LogP contribution >= 0.6 is 11.3 Å². The predicted octanol–water partition coefficient (Wildman–Crippen LogP) is 6.58. The molecule has 1 N–H and O–H groups in total. The second-order valence-electron chi connectivity index (χ2n) is 9.13. The van der Waals surface area contributed by atoms with Gasteiger partial charge in [0.25, 0.3) is 5.69 Å². The van der Waals surface area contributed by atoms with Crippen molar-refractivity contribution in [3.63, 3.8) is 0 Å². The van der Waals surface area contributed by atoms with Gasteiger partial charge in [-0.15, -0.1) is 11.3 Å². The number of hydrogen-bond donors (Lipinski definition) is 1. The number of aryl methyl sites for hydroxylation is 1. The third kappa shape index (κ3) is 6.76. The minimum absolute atomic E-state index is 0.0207. The molecule has 0 aliphatic heterocycles. The molecule has 35 heavy (non-hydrogen) atoms. The molecule has 0 saturated heterocycles. The molecule has 0 saturated carbocycles. The number of ether oxygens (including phenoxy) is 1. The molecule has 8 heteroatoms. The van der Waals surface area contributed by atoms with Crippen LogP contribution in [-0.2, 0) is 22.4 Å². The Hall–Kier alpha value is -3.52. The van der Waals surface area contributed by atoms with Gasteiger partial charge in [0.2, 0.25) is 5.91 Å².